The van der Waals surface area contributed by atoms with Gasteiger partial charge in [0.05, 0.1) is 50.1 Å². The lowest BCUT2D eigenvalue weighted by molar-refractivity contribution is 0.621. The first kappa shape index (κ1) is 45.9. The predicted octanol–water partition coefficient (Wildman–Crippen LogP) is 14.8. The Kier molecular flexibility index (Phi) is 10.4. The van der Waals surface area contributed by atoms with Crippen molar-refractivity contribution in [2.45, 2.75) is 252 Å². The van der Waals surface area contributed by atoms with E-state index >= 15 is 0 Å². The van der Waals surface area contributed by atoms with E-state index in [1.807, 2.05) is 0 Å². The highest BCUT2D eigenvalue weighted by molar-refractivity contribution is 8.56. The van der Waals surface area contributed by atoms with Gasteiger partial charge in [-0.1, -0.05) is 212 Å². The van der Waals surface area contributed by atoms with Crippen molar-refractivity contribution in [3.8, 4) is 0 Å². The fourth-order valence-corrected chi connectivity index (χ4v) is 510. The molecule has 2 aliphatic heterocycles. The highest BCUT2D eigenvalue weighted by Gasteiger charge is 3.21. The Bertz CT molecular complexity index is 1110. The number of nitrogens with zero attached hydrogens (tertiary/aromatic N) is 1. The van der Waals surface area contributed by atoms with Crippen LogP contribution in [0.25, 0.3) is 0 Å². The summed E-state index contributed by atoms with van der Waals surface area (Å²) in [5, 5.41) is 2.99. The first-order valence-corrected chi connectivity index (χ1v) is 46.3. The Balaban J connectivity index is 4.00. The molecule has 0 radical (unpaired) electrons. The molecule has 0 spiro atoms. The van der Waals surface area contributed by atoms with E-state index in [0.717, 1.165) is 0 Å². The number of fused-ring (bicyclic) bond motifs is 1. The third-order valence-electron chi connectivity index (χ3n) is 17.8. The second-order valence-corrected chi connectivity index (χ2v) is 112. The molecule has 2 heterocycles. The Morgan fingerprint density at radius 3 is 0.521 bits per heavy atom. The summed E-state index contributed by atoms with van der Waals surface area (Å²) in [7, 11) is -9.87. The SMILES string of the molecule is CC(C)(C)[Si](C)(C(C)(C)C)[Si]12N([Si](C)(C)C)[Si]1([Si](C)(C(C)(C)C)C(C)(C)C)[Si]2([Si](C)(C(C)(C)C)C(C)(C)C)[Si](C)(C(C)(C)C)C(C)(C)C. The van der Waals surface area contributed by atoms with Crippen molar-refractivity contribution in [1.29, 1.82) is 0 Å². The molecular formula is C39H93NSi8. The zero-order valence-corrected chi connectivity index (χ0v) is 47.4. The van der Waals surface area contributed by atoms with Gasteiger partial charge in [0.1, 0.15) is 8.24 Å². The maximum absolute atomic E-state index is 3.89. The van der Waals surface area contributed by atoms with Crippen LogP contribution < -0.4 is 0 Å². The van der Waals surface area contributed by atoms with Gasteiger partial charge in [0, 0.05) is 0 Å². The number of hydrogen-bond acceptors (Lipinski definition) is 1. The molecule has 0 aromatic carbocycles. The minimum Gasteiger partial charge on any atom is -0.379 e. The van der Waals surface area contributed by atoms with Gasteiger partial charge in [0.15, 0.2) is 0 Å². The van der Waals surface area contributed by atoms with Crippen LogP contribution in [-0.2, 0) is 0 Å². The summed E-state index contributed by atoms with van der Waals surface area (Å²) in [4.78, 5) is 0. The van der Waals surface area contributed by atoms with Crippen LogP contribution in [0.5, 0.6) is 0 Å². The summed E-state index contributed by atoms with van der Waals surface area (Å²) in [5.41, 5.74) is 0. The highest BCUT2D eigenvalue weighted by atomic mass is 30.7. The fourth-order valence-electron chi connectivity index (χ4n) is 15.0. The molecule has 9 heteroatoms. The topological polar surface area (TPSA) is 3.01 Å². The van der Waals surface area contributed by atoms with E-state index in [2.05, 4.69) is 216 Å². The Morgan fingerprint density at radius 2 is 0.417 bits per heavy atom. The van der Waals surface area contributed by atoms with Gasteiger partial charge in [-0.05, 0) is 40.3 Å². The summed E-state index contributed by atoms with van der Waals surface area (Å²) in [6, 6.07) is 0. The molecule has 2 aliphatic rings. The molecule has 0 aromatic heterocycles. The number of rotatable bonds is 5. The largest absolute Gasteiger partial charge is 0.379 e. The standard InChI is InChI=1S/C39H93NSi8/c1-32(2,3)42(28,33(4,5)6)46-40(41(25,26)27)47(46,43(29,34(7,8)9)35(10,11)12)48(46,44(30,36(13,14)15)37(16,17)18)45(31,38(19,20)21)39(22,23)24/h1-31H3. The van der Waals surface area contributed by atoms with Crippen molar-refractivity contribution in [3.05, 3.63) is 0 Å². The van der Waals surface area contributed by atoms with Crippen LogP contribution in [0, 0.1) is 0 Å². The van der Waals surface area contributed by atoms with Gasteiger partial charge >= 0.3 is 0 Å². The Labute approximate surface area is 312 Å². The number of hydrogen-bond donors (Lipinski definition) is 0. The fraction of sp³-hybridized carbons (Fsp3) is 1.00. The van der Waals surface area contributed by atoms with Crippen LogP contribution in [0.1, 0.15) is 166 Å². The van der Waals surface area contributed by atoms with Crippen molar-refractivity contribution in [2.75, 3.05) is 0 Å². The quantitative estimate of drug-likeness (QED) is 0.198. The van der Waals surface area contributed by atoms with E-state index in [0.29, 0.717) is 40.3 Å². The molecule has 0 aliphatic carbocycles. The smallest absolute Gasteiger partial charge is 0.104 e. The van der Waals surface area contributed by atoms with Gasteiger partial charge in [0.25, 0.3) is 0 Å². The summed E-state index contributed by atoms with van der Waals surface area (Å²) >= 11 is 0. The lowest BCUT2D eigenvalue weighted by Gasteiger charge is -2.74. The van der Waals surface area contributed by atoms with Crippen LogP contribution >= 0.6 is 0 Å². The second-order valence-electron chi connectivity index (χ2n) is 27.2. The second kappa shape index (κ2) is 10.9. The van der Waals surface area contributed by atoms with Gasteiger partial charge in [-0.3, -0.25) is 0 Å². The van der Waals surface area contributed by atoms with Gasteiger partial charge in [-0.15, -0.1) is 0 Å². The van der Waals surface area contributed by atoms with Crippen molar-refractivity contribution in [2.24, 2.45) is 0 Å². The third kappa shape index (κ3) is 4.58. The normalized spacial score (nSPS) is 27.2. The highest BCUT2D eigenvalue weighted by Crippen LogP contribution is 2.93. The molecule has 1 nitrogen and oxygen atoms in total. The minimum atomic E-state index is -2.06. The zero-order valence-electron chi connectivity index (χ0n) is 39.4. The van der Waals surface area contributed by atoms with Gasteiger partial charge in [-0.2, -0.15) is 0 Å². The molecule has 2 atom stereocenters. The maximum atomic E-state index is 3.89. The first-order chi connectivity index (χ1) is 20.1. The molecular weight excluding hydrogens is 707 g/mol. The van der Waals surface area contributed by atoms with E-state index in [-0.39, 0.29) is 0 Å². The molecule has 0 bridgehead atoms. The Hall–Kier alpha value is 1.70. The van der Waals surface area contributed by atoms with Crippen LogP contribution in [0.3, 0.4) is 0 Å². The van der Waals surface area contributed by atoms with E-state index in [4.69, 9.17) is 0 Å². The molecule has 0 N–H and O–H groups in total. The molecule has 2 unspecified atom stereocenters. The average molecular weight is 801 g/mol. The van der Waals surface area contributed by atoms with Gasteiger partial charge in [-0.25, -0.2) is 0 Å². The van der Waals surface area contributed by atoms with Gasteiger partial charge < -0.3 is 3.90 Å². The average Bonchev–Trinajstić information content (AvgIpc) is 3.55. The van der Waals surface area contributed by atoms with Crippen molar-refractivity contribution in [3.63, 3.8) is 0 Å². The van der Waals surface area contributed by atoms with Crippen molar-refractivity contribution in [1.82, 2.24) is 3.90 Å². The molecule has 2 fully saturated rings. The predicted molar refractivity (Wildman–Crippen MR) is 247 cm³/mol. The molecule has 0 amide bonds. The Morgan fingerprint density at radius 1 is 0.271 bits per heavy atom. The third-order valence-corrected chi connectivity index (χ3v) is 232. The molecule has 48 heavy (non-hydrogen) atoms. The summed E-state index contributed by atoms with van der Waals surface area (Å²) < 4.78 is 3.89. The van der Waals surface area contributed by atoms with E-state index in [9.17, 15) is 0 Å². The molecule has 2 saturated heterocycles. The molecule has 0 aromatic rings. The van der Waals surface area contributed by atoms with E-state index in [1.54, 1.807) is 0 Å². The van der Waals surface area contributed by atoms with Crippen LogP contribution in [0.2, 0.25) is 86.1 Å². The minimum absolute atomic E-state index is 0.372. The molecule has 0 saturated carbocycles. The lowest BCUT2D eigenvalue weighted by atomic mass is 10.2. The first-order valence-electron chi connectivity index (χ1n) is 19.9. The van der Waals surface area contributed by atoms with E-state index in [1.165, 1.54) is 0 Å². The summed E-state index contributed by atoms with van der Waals surface area (Å²) in [6.45, 7) is 84.6. The van der Waals surface area contributed by atoms with Gasteiger partial charge in [0.2, 0.25) is 0 Å². The van der Waals surface area contributed by atoms with Crippen LogP contribution in [0.15, 0.2) is 0 Å². The molecule has 286 valence electrons. The van der Waals surface area contributed by atoms with Crippen LogP contribution in [0.4, 0.5) is 0 Å². The van der Waals surface area contributed by atoms with Crippen molar-refractivity contribution >= 4 is 58.3 Å². The maximum Gasteiger partial charge on any atom is 0.104 e. The lowest BCUT2D eigenvalue weighted by Crippen LogP contribution is -2.95. The zero-order chi connectivity index (χ0) is 39.6. The van der Waals surface area contributed by atoms with Crippen molar-refractivity contribution < 1.29 is 0 Å². The summed E-state index contributed by atoms with van der Waals surface area (Å²) in [6.07, 6.45) is -2.05. The molecule has 2 rings (SSSR count). The monoisotopic (exact) mass is 800 g/mol. The van der Waals surface area contributed by atoms with E-state index < -0.39 is 58.3 Å². The van der Waals surface area contributed by atoms with Crippen LogP contribution in [-0.4, -0.2) is 62.2 Å². The summed E-state index contributed by atoms with van der Waals surface area (Å²) in [5.74, 6) is 0.